The van der Waals surface area contributed by atoms with Crippen LogP contribution in [0.3, 0.4) is 0 Å². The molecule has 5 nitrogen and oxygen atoms in total. The summed E-state index contributed by atoms with van der Waals surface area (Å²) in [4.78, 5) is 35.0. The van der Waals surface area contributed by atoms with E-state index in [4.69, 9.17) is 0 Å². The van der Waals surface area contributed by atoms with Crippen molar-refractivity contribution in [1.82, 2.24) is 10.6 Å². The summed E-state index contributed by atoms with van der Waals surface area (Å²) in [7, 11) is 0. The highest BCUT2D eigenvalue weighted by Crippen LogP contribution is 2.53. The number of thioether (sulfide) groups is 4. The third-order valence-corrected chi connectivity index (χ3v) is 7.28. The van der Waals surface area contributed by atoms with Crippen LogP contribution < -0.4 is 10.6 Å². The molecule has 0 saturated carbocycles. The lowest BCUT2D eigenvalue weighted by Gasteiger charge is -2.13. The molecule has 0 atom stereocenters. The average Bonchev–Trinajstić information content (AvgIpc) is 3.04. The van der Waals surface area contributed by atoms with Gasteiger partial charge >= 0.3 is 6.03 Å². The minimum atomic E-state index is -0.785. The van der Waals surface area contributed by atoms with E-state index in [9.17, 15) is 14.4 Å². The second kappa shape index (κ2) is 5.76. The van der Waals surface area contributed by atoms with Crippen molar-refractivity contribution in [2.75, 3.05) is 0 Å². The van der Waals surface area contributed by atoms with Crippen molar-refractivity contribution in [3.63, 3.8) is 0 Å². The molecule has 0 aliphatic carbocycles. The number of urea groups is 1. The Labute approximate surface area is 131 Å². The third-order valence-electron chi connectivity index (χ3n) is 2.30. The Bertz CT molecular complexity index is 616. The van der Waals surface area contributed by atoms with Crippen LogP contribution in [0.25, 0.3) is 0 Å². The number of carbonyl (C=O) groups excluding carboxylic acids is 3. The second-order valence-corrected chi connectivity index (χ2v) is 7.93. The molecule has 0 aromatic heterocycles. The third kappa shape index (κ3) is 2.85. The molecule has 0 radical (unpaired) electrons. The number of carbonyl (C=O) groups is 3. The highest BCUT2D eigenvalue weighted by Gasteiger charge is 2.29. The summed E-state index contributed by atoms with van der Waals surface area (Å²) in [5.41, 5.74) is -0.0555. The number of amides is 4. The van der Waals surface area contributed by atoms with E-state index in [1.54, 1.807) is 35.3 Å². The Hall–Kier alpha value is -1.03. The maximum Gasteiger partial charge on any atom is 0.328 e. The lowest BCUT2D eigenvalue weighted by molar-refractivity contribution is -0.124. The molecule has 3 aliphatic rings. The zero-order chi connectivity index (χ0) is 14.1. The maximum absolute atomic E-state index is 11.6. The maximum atomic E-state index is 11.6. The lowest BCUT2D eigenvalue weighted by Crippen LogP contribution is -2.51. The summed E-state index contributed by atoms with van der Waals surface area (Å²) in [5.74, 6) is -1.34. The number of allylic oxidation sites excluding steroid dienone is 1. The van der Waals surface area contributed by atoms with Gasteiger partial charge in [-0.2, -0.15) is 0 Å². The molecule has 3 heterocycles. The quantitative estimate of drug-likeness (QED) is 0.560. The van der Waals surface area contributed by atoms with E-state index >= 15 is 0 Å². The molecule has 0 aromatic carbocycles. The average molecular weight is 342 g/mol. The molecule has 0 aromatic rings. The van der Waals surface area contributed by atoms with E-state index in [-0.39, 0.29) is 5.57 Å². The van der Waals surface area contributed by atoms with Crippen molar-refractivity contribution < 1.29 is 14.4 Å². The first kappa shape index (κ1) is 13.9. The van der Waals surface area contributed by atoms with Gasteiger partial charge in [0.15, 0.2) is 0 Å². The molecule has 3 aliphatic heterocycles. The Kier molecular flexibility index (Phi) is 4.01. The van der Waals surface area contributed by atoms with Crippen molar-refractivity contribution in [3.8, 4) is 0 Å². The highest BCUT2D eigenvalue weighted by atomic mass is 32.2. The molecule has 4 amide bonds. The van der Waals surface area contributed by atoms with E-state index in [2.05, 4.69) is 0 Å². The number of hydrogen-bond acceptors (Lipinski definition) is 7. The highest BCUT2D eigenvalue weighted by molar-refractivity contribution is 8.33. The van der Waals surface area contributed by atoms with Gasteiger partial charge in [-0.1, -0.05) is 47.0 Å². The summed E-state index contributed by atoms with van der Waals surface area (Å²) < 4.78 is 2.32. The molecule has 0 bridgehead atoms. The van der Waals surface area contributed by atoms with Crippen LogP contribution in [-0.4, -0.2) is 17.8 Å². The lowest BCUT2D eigenvalue weighted by atomic mass is 10.2. The van der Waals surface area contributed by atoms with Crippen molar-refractivity contribution in [2.24, 2.45) is 0 Å². The van der Waals surface area contributed by atoms with Crippen LogP contribution in [-0.2, 0) is 9.59 Å². The van der Waals surface area contributed by atoms with E-state index < -0.39 is 17.8 Å². The van der Waals surface area contributed by atoms with Gasteiger partial charge in [-0.05, 0) is 22.3 Å². The molecule has 0 unspecified atom stereocenters. The minimum absolute atomic E-state index is 0.0555. The molecule has 102 valence electrons. The SMILES string of the molecule is O=C1NC(=O)C(=CC2=CSC(=C3SC=CS3)S2)C(=O)N1. The first-order chi connectivity index (χ1) is 9.63. The second-order valence-electron chi connectivity index (χ2n) is 3.62. The molecule has 1 fully saturated rings. The van der Waals surface area contributed by atoms with Crippen LogP contribution in [0.5, 0.6) is 0 Å². The van der Waals surface area contributed by atoms with E-state index in [1.807, 2.05) is 26.9 Å². The first-order valence-corrected chi connectivity index (χ1v) is 8.74. The van der Waals surface area contributed by atoms with Crippen LogP contribution in [0.15, 0.2) is 41.3 Å². The molecule has 1 saturated heterocycles. The van der Waals surface area contributed by atoms with Crippen molar-refractivity contribution in [2.45, 2.75) is 0 Å². The van der Waals surface area contributed by atoms with E-state index in [0.29, 0.717) is 0 Å². The van der Waals surface area contributed by atoms with Gasteiger partial charge < -0.3 is 0 Å². The predicted octanol–water partition coefficient (Wildman–Crippen LogP) is 2.68. The van der Waals surface area contributed by atoms with E-state index in [0.717, 1.165) is 9.14 Å². The molecule has 3 rings (SSSR count). The first-order valence-electron chi connectivity index (χ1n) is 5.29. The van der Waals surface area contributed by atoms with Gasteiger partial charge in [0.25, 0.3) is 11.8 Å². The van der Waals surface area contributed by atoms with Gasteiger partial charge in [-0.25, -0.2) is 4.79 Å². The molecule has 0 spiro atoms. The number of hydrogen-bond donors (Lipinski definition) is 2. The fourth-order valence-corrected chi connectivity index (χ4v) is 5.85. The molecular weight excluding hydrogens is 336 g/mol. The van der Waals surface area contributed by atoms with Gasteiger partial charge in [0.05, 0.1) is 8.47 Å². The topological polar surface area (TPSA) is 75.3 Å². The summed E-state index contributed by atoms with van der Waals surface area (Å²) in [6, 6.07) is -0.785. The van der Waals surface area contributed by atoms with E-state index in [1.165, 1.54) is 22.1 Å². The van der Waals surface area contributed by atoms with Crippen molar-refractivity contribution in [1.29, 1.82) is 0 Å². The Balaban J connectivity index is 1.77. The number of nitrogens with one attached hydrogen (secondary N) is 2. The van der Waals surface area contributed by atoms with Crippen LogP contribution >= 0.6 is 47.0 Å². The zero-order valence-electron chi connectivity index (χ0n) is 9.67. The van der Waals surface area contributed by atoms with Crippen molar-refractivity contribution >= 4 is 64.9 Å². The minimum Gasteiger partial charge on any atom is -0.273 e. The van der Waals surface area contributed by atoms with Crippen LogP contribution in [0, 0.1) is 0 Å². The van der Waals surface area contributed by atoms with Gasteiger partial charge in [0.1, 0.15) is 5.57 Å². The van der Waals surface area contributed by atoms with Gasteiger partial charge in [-0.3, -0.25) is 20.2 Å². The van der Waals surface area contributed by atoms with Crippen LogP contribution in [0.1, 0.15) is 0 Å². The fraction of sp³-hybridized carbons (Fsp3) is 0. The monoisotopic (exact) mass is 342 g/mol. The van der Waals surface area contributed by atoms with Crippen LogP contribution in [0.4, 0.5) is 4.79 Å². The van der Waals surface area contributed by atoms with Crippen LogP contribution in [0.2, 0.25) is 0 Å². The fourth-order valence-electron chi connectivity index (χ4n) is 1.47. The number of rotatable bonds is 1. The summed E-state index contributed by atoms with van der Waals surface area (Å²) >= 11 is 6.37. The Morgan fingerprint density at radius 3 is 2.20 bits per heavy atom. The summed E-state index contributed by atoms with van der Waals surface area (Å²) in [6.45, 7) is 0. The van der Waals surface area contributed by atoms with Crippen molar-refractivity contribution in [3.05, 3.63) is 41.3 Å². The number of barbiturate groups is 1. The molecular formula is C11H6N2O3S4. The smallest absolute Gasteiger partial charge is 0.273 e. The summed E-state index contributed by atoms with van der Waals surface area (Å²) in [5, 5.41) is 10.0. The summed E-state index contributed by atoms with van der Waals surface area (Å²) in [6.07, 6.45) is 1.50. The van der Waals surface area contributed by atoms with Gasteiger partial charge in [-0.15, -0.1) is 0 Å². The zero-order valence-corrected chi connectivity index (χ0v) is 12.9. The molecule has 20 heavy (non-hydrogen) atoms. The Morgan fingerprint density at radius 1 is 0.900 bits per heavy atom. The molecule has 2 N–H and O–H groups in total. The predicted molar refractivity (Wildman–Crippen MR) is 84.4 cm³/mol. The molecule has 9 heteroatoms. The van der Waals surface area contributed by atoms with Gasteiger partial charge in [0, 0.05) is 4.91 Å². The largest absolute Gasteiger partial charge is 0.328 e. The standard InChI is InChI=1S/C11H6N2O3S4/c14-7-6(8(15)13-11(16)12-7)3-5-4-19-10(20-5)9-17-1-2-18-9/h1-4H,(H2,12,13,14,15,16). The van der Waals surface area contributed by atoms with Gasteiger partial charge in [0.2, 0.25) is 0 Å². The number of imide groups is 2. The Morgan fingerprint density at radius 2 is 1.55 bits per heavy atom. The normalized spacial score (nSPS) is 22.1.